The van der Waals surface area contributed by atoms with Crippen LogP contribution in [0.2, 0.25) is 0 Å². The van der Waals surface area contributed by atoms with E-state index in [0.29, 0.717) is 30.4 Å². The number of esters is 1. The maximum atomic E-state index is 12.3. The third-order valence-corrected chi connectivity index (χ3v) is 4.97. The number of rotatable bonds is 13. The molecule has 0 aliphatic heterocycles. The van der Waals surface area contributed by atoms with Gasteiger partial charge in [0.2, 0.25) is 5.91 Å². The molecule has 0 bridgehead atoms. The Morgan fingerprint density at radius 2 is 1.90 bits per heavy atom. The molecule has 168 valence electrons. The van der Waals surface area contributed by atoms with Crippen molar-refractivity contribution in [1.82, 2.24) is 10.2 Å². The number of nitrogens with zero attached hydrogens (tertiary/aromatic N) is 1. The number of hydrogen-bond donors (Lipinski definition) is 1. The maximum Gasteiger partial charge on any atom is 0.328 e. The minimum atomic E-state index is -0.348. The summed E-state index contributed by atoms with van der Waals surface area (Å²) < 4.78 is 10.9. The first-order chi connectivity index (χ1) is 14.3. The molecule has 1 rings (SSSR count). The molecule has 6 heteroatoms. The van der Waals surface area contributed by atoms with Crippen LogP contribution in [0.5, 0.6) is 11.5 Å². The number of ether oxygens (including phenoxy) is 2. The van der Waals surface area contributed by atoms with Gasteiger partial charge in [-0.05, 0) is 63.4 Å². The molecule has 0 saturated carbocycles. The molecule has 0 saturated heterocycles. The quantitative estimate of drug-likeness (QED) is 0.223. The van der Waals surface area contributed by atoms with E-state index in [-0.39, 0.29) is 17.9 Å². The molecule has 0 heterocycles. The van der Waals surface area contributed by atoms with Crippen LogP contribution in [-0.4, -0.2) is 43.5 Å². The number of nitrogens with one attached hydrogen (secondary N) is 1. The summed E-state index contributed by atoms with van der Waals surface area (Å²) in [5.41, 5.74) is 0.888. The zero-order valence-electron chi connectivity index (χ0n) is 19.4. The van der Waals surface area contributed by atoms with Gasteiger partial charge in [0.25, 0.3) is 0 Å². The molecule has 0 fully saturated rings. The predicted molar refractivity (Wildman–Crippen MR) is 121 cm³/mol. The van der Waals surface area contributed by atoms with Gasteiger partial charge in [0, 0.05) is 13.0 Å². The maximum absolute atomic E-state index is 12.3. The van der Waals surface area contributed by atoms with Crippen molar-refractivity contribution in [2.45, 2.75) is 66.0 Å². The van der Waals surface area contributed by atoms with Crippen molar-refractivity contribution in [2.75, 3.05) is 20.7 Å². The summed E-state index contributed by atoms with van der Waals surface area (Å²) in [6, 6.07) is 4.97. The van der Waals surface area contributed by atoms with E-state index < -0.39 is 0 Å². The molecule has 1 amide bonds. The van der Waals surface area contributed by atoms with Crippen molar-refractivity contribution in [1.29, 1.82) is 0 Å². The van der Waals surface area contributed by atoms with Crippen LogP contribution >= 0.6 is 0 Å². The largest absolute Gasteiger partial charge is 0.493 e. The summed E-state index contributed by atoms with van der Waals surface area (Å²) in [4.78, 5) is 26.3. The number of hydrogen-bond acceptors (Lipinski definition) is 5. The number of benzene rings is 1. The summed E-state index contributed by atoms with van der Waals surface area (Å²) in [7, 11) is 3.40. The number of amides is 1. The van der Waals surface area contributed by atoms with Gasteiger partial charge in [-0.3, -0.25) is 9.69 Å². The van der Waals surface area contributed by atoms with Crippen molar-refractivity contribution >= 4 is 11.9 Å². The van der Waals surface area contributed by atoms with Gasteiger partial charge >= 0.3 is 5.97 Å². The van der Waals surface area contributed by atoms with E-state index in [1.54, 1.807) is 12.1 Å². The Morgan fingerprint density at radius 1 is 1.17 bits per heavy atom. The minimum absolute atomic E-state index is 0.0359. The lowest BCUT2D eigenvalue weighted by Crippen LogP contribution is -2.38. The van der Waals surface area contributed by atoms with Crippen LogP contribution in [0.4, 0.5) is 0 Å². The van der Waals surface area contributed by atoms with E-state index in [2.05, 4.69) is 31.3 Å². The summed E-state index contributed by atoms with van der Waals surface area (Å²) in [6.45, 7) is 9.26. The predicted octanol–water partition coefficient (Wildman–Crippen LogP) is 4.33. The van der Waals surface area contributed by atoms with Gasteiger partial charge in [0.1, 0.15) is 6.04 Å². The van der Waals surface area contributed by atoms with Crippen LogP contribution in [0.15, 0.2) is 30.4 Å². The van der Waals surface area contributed by atoms with Gasteiger partial charge in [-0.15, -0.1) is 0 Å². The van der Waals surface area contributed by atoms with Crippen LogP contribution in [0.1, 0.15) is 58.9 Å². The number of likely N-dealkylation sites (N-methyl/N-ethyl adjacent to an activating group) is 1. The monoisotopic (exact) mass is 418 g/mol. The Kier molecular flexibility index (Phi) is 11.8. The molecule has 6 nitrogen and oxygen atoms in total. The average Bonchev–Trinajstić information content (AvgIpc) is 2.73. The van der Waals surface area contributed by atoms with Gasteiger partial charge in [-0.1, -0.05) is 39.0 Å². The SMILES string of the molecule is CCN(C)C(C)C(=O)Oc1ccc(CNC(=O)CCCC/C=C/C(C)C)cc1OC. The average molecular weight is 419 g/mol. The standard InChI is InChI=1S/C24H38N2O4/c1-7-26(5)19(4)24(28)30-21-15-14-20(16-22(21)29-6)17-25-23(27)13-11-9-8-10-12-18(2)3/h10,12,14-16,18-19H,7-9,11,13,17H2,1-6H3,(H,25,27)/b12-10+. The van der Waals surface area contributed by atoms with Gasteiger partial charge < -0.3 is 14.8 Å². The fraction of sp³-hybridized carbons (Fsp3) is 0.583. The molecule has 0 aromatic heterocycles. The van der Waals surface area contributed by atoms with E-state index in [0.717, 1.165) is 31.4 Å². The molecule has 0 spiro atoms. The van der Waals surface area contributed by atoms with Crippen molar-refractivity contribution in [3.05, 3.63) is 35.9 Å². The third-order valence-electron chi connectivity index (χ3n) is 4.97. The molecular weight excluding hydrogens is 380 g/mol. The van der Waals surface area contributed by atoms with Crippen LogP contribution in [-0.2, 0) is 16.1 Å². The van der Waals surface area contributed by atoms with Crippen molar-refractivity contribution in [3.8, 4) is 11.5 Å². The van der Waals surface area contributed by atoms with Crippen LogP contribution < -0.4 is 14.8 Å². The second kappa shape index (κ2) is 13.8. The first-order valence-corrected chi connectivity index (χ1v) is 10.8. The number of carbonyl (C=O) groups excluding carboxylic acids is 2. The number of carbonyl (C=O) groups is 2. The van der Waals surface area contributed by atoms with Crippen LogP contribution in [0.25, 0.3) is 0 Å². The molecular formula is C24H38N2O4. The highest BCUT2D eigenvalue weighted by Gasteiger charge is 2.20. The second-order valence-electron chi connectivity index (χ2n) is 7.85. The van der Waals surface area contributed by atoms with E-state index in [4.69, 9.17) is 9.47 Å². The zero-order chi connectivity index (χ0) is 22.5. The van der Waals surface area contributed by atoms with E-state index >= 15 is 0 Å². The Bertz CT molecular complexity index is 700. The third kappa shape index (κ3) is 9.44. The molecule has 30 heavy (non-hydrogen) atoms. The molecule has 0 aliphatic rings. The molecule has 1 N–H and O–H groups in total. The van der Waals surface area contributed by atoms with Crippen molar-refractivity contribution in [2.24, 2.45) is 5.92 Å². The van der Waals surface area contributed by atoms with Crippen molar-refractivity contribution in [3.63, 3.8) is 0 Å². The number of methoxy groups -OCH3 is 1. The Balaban J connectivity index is 2.50. The summed E-state index contributed by atoms with van der Waals surface area (Å²) in [5, 5.41) is 2.93. The highest BCUT2D eigenvalue weighted by Crippen LogP contribution is 2.28. The van der Waals surface area contributed by atoms with Crippen molar-refractivity contribution < 1.29 is 19.1 Å². The smallest absolute Gasteiger partial charge is 0.328 e. The molecule has 1 atom stereocenters. The summed E-state index contributed by atoms with van der Waals surface area (Å²) >= 11 is 0. The number of unbranched alkanes of at least 4 members (excludes halogenated alkanes) is 2. The molecule has 0 radical (unpaired) electrons. The summed E-state index contributed by atoms with van der Waals surface area (Å²) in [5.74, 6) is 1.12. The van der Waals surface area contributed by atoms with Crippen LogP contribution in [0, 0.1) is 5.92 Å². The molecule has 1 aromatic carbocycles. The van der Waals surface area contributed by atoms with Gasteiger partial charge in [-0.25, -0.2) is 4.79 Å². The van der Waals surface area contributed by atoms with E-state index in [1.807, 2.05) is 31.9 Å². The second-order valence-corrected chi connectivity index (χ2v) is 7.85. The fourth-order valence-corrected chi connectivity index (χ4v) is 2.76. The topological polar surface area (TPSA) is 67.9 Å². The lowest BCUT2D eigenvalue weighted by atomic mass is 10.1. The van der Waals surface area contributed by atoms with E-state index in [1.165, 1.54) is 7.11 Å². The van der Waals surface area contributed by atoms with Gasteiger partial charge in [0.05, 0.1) is 7.11 Å². The molecule has 1 aromatic rings. The van der Waals surface area contributed by atoms with Gasteiger partial charge in [0.15, 0.2) is 11.5 Å². The molecule has 0 aliphatic carbocycles. The lowest BCUT2D eigenvalue weighted by molar-refractivity contribution is -0.139. The van der Waals surface area contributed by atoms with Crippen LogP contribution in [0.3, 0.4) is 0 Å². The minimum Gasteiger partial charge on any atom is -0.493 e. The Morgan fingerprint density at radius 3 is 2.53 bits per heavy atom. The van der Waals surface area contributed by atoms with Gasteiger partial charge in [-0.2, -0.15) is 0 Å². The number of allylic oxidation sites excluding steroid dienone is 2. The Labute approximate surface area is 181 Å². The van der Waals surface area contributed by atoms with E-state index in [9.17, 15) is 9.59 Å². The molecule has 1 unspecified atom stereocenters. The summed E-state index contributed by atoms with van der Waals surface area (Å²) in [6.07, 6.45) is 7.79. The first-order valence-electron chi connectivity index (χ1n) is 10.8. The zero-order valence-corrected chi connectivity index (χ0v) is 19.4. The fourth-order valence-electron chi connectivity index (χ4n) is 2.76. The first kappa shape index (κ1) is 25.7. The normalized spacial score (nSPS) is 12.4. The highest BCUT2D eigenvalue weighted by atomic mass is 16.6. The lowest BCUT2D eigenvalue weighted by Gasteiger charge is -2.21. The Hall–Kier alpha value is -2.34. The highest BCUT2D eigenvalue weighted by molar-refractivity contribution is 5.78.